The molecule has 0 N–H and O–H groups in total. The second-order valence-corrected chi connectivity index (χ2v) is 9.42. The summed E-state index contributed by atoms with van der Waals surface area (Å²) in [5.41, 5.74) is 2.30. The number of fused-ring (bicyclic) bond motifs is 3. The predicted molar refractivity (Wildman–Crippen MR) is 117 cm³/mol. The van der Waals surface area contributed by atoms with Gasteiger partial charge in [0.05, 0.1) is 24.6 Å². The minimum absolute atomic E-state index is 0.0577. The first kappa shape index (κ1) is 19.4. The number of nitrogens with zero attached hydrogens (tertiary/aromatic N) is 2. The van der Waals surface area contributed by atoms with E-state index in [4.69, 9.17) is 9.72 Å². The molecular weight excluding hydrogens is 388 g/mol. The van der Waals surface area contributed by atoms with Crippen molar-refractivity contribution in [3.8, 4) is 0 Å². The molecule has 2 aromatic heterocycles. The smallest absolute Gasteiger partial charge is 0.263 e. The molecule has 146 valence electrons. The lowest BCUT2D eigenvalue weighted by molar-refractivity contribution is 0.00200. The van der Waals surface area contributed by atoms with Gasteiger partial charge in [-0.2, -0.15) is 0 Å². The zero-order chi connectivity index (χ0) is 19.7. The molecule has 1 aliphatic rings. The maximum absolute atomic E-state index is 13.6. The number of thiophene rings is 1. The summed E-state index contributed by atoms with van der Waals surface area (Å²) >= 11 is 3.16. The summed E-state index contributed by atoms with van der Waals surface area (Å²) in [7, 11) is 0. The number of aromatic nitrogens is 2. The second-order valence-electron chi connectivity index (χ2n) is 7.35. The average Bonchev–Trinajstić information content (AvgIpc) is 3.07. The fourth-order valence-electron chi connectivity index (χ4n) is 3.52. The van der Waals surface area contributed by atoms with E-state index < -0.39 is 0 Å². The highest BCUT2D eigenvalue weighted by Crippen LogP contribution is 2.36. The van der Waals surface area contributed by atoms with Crippen molar-refractivity contribution in [3.05, 3.63) is 69.3 Å². The van der Waals surface area contributed by atoms with E-state index >= 15 is 0 Å². The summed E-state index contributed by atoms with van der Waals surface area (Å²) < 4.78 is 7.83. The van der Waals surface area contributed by atoms with Crippen LogP contribution in [0.3, 0.4) is 0 Å². The lowest BCUT2D eigenvalue weighted by Gasteiger charge is -2.26. The van der Waals surface area contributed by atoms with Crippen LogP contribution in [0.15, 0.2) is 52.9 Å². The first-order valence-electron chi connectivity index (χ1n) is 9.52. The van der Waals surface area contributed by atoms with Gasteiger partial charge in [-0.1, -0.05) is 62.0 Å². The van der Waals surface area contributed by atoms with Gasteiger partial charge >= 0.3 is 0 Å². The van der Waals surface area contributed by atoms with Crippen molar-refractivity contribution in [2.45, 2.75) is 44.7 Å². The van der Waals surface area contributed by atoms with Gasteiger partial charge in [-0.3, -0.25) is 9.36 Å². The topological polar surface area (TPSA) is 44.1 Å². The van der Waals surface area contributed by atoms with E-state index in [1.54, 1.807) is 23.1 Å². The van der Waals surface area contributed by atoms with E-state index in [0.29, 0.717) is 19.1 Å². The van der Waals surface area contributed by atoms with Crippen LogP contribution in [0.5, 0.6) is 0 Å². The Bertz CT molecular complexity index is 1050. The Morgan fingerprint density at radius 1 is 1.39 bits per heavy atom. The van der Waals surface area contributed by atoms with Crippen LogP contribution < -0.4 is 5.56 Å². The van der Waals surface area contributed by atoms with Crippen molar-refractivity contribution in [1.29, 1.82) is 0 Å². The molecule has 3 heterocycles. The maximum Gasteiger partial charge on any atom is 0.263 e. The highest BCUT2D eigenvalue weighted by atomic mass is 32.2. The molecule has 0 amide bonds. The molecule has 4 rings (SSSR count). The van der Waals surface area contributed by atoms with Crippen molar-refractivity contribution in [2.75, 3.05) is 5.75 Å². The molecule has 0 aliphatic carbocycles. The van der Waals surface area contributed by atoms with Crippen LogP contribution in [0.1, 0.15) is 29.9 Å². The largest absolute Gasteiger partial charge is 0.372 e. The summed E-state index contributed by atoms with van der Waals surface area (Å²) in [6.45, 7) is 9.24. The number of hydrogen-bond acceptors (Lipinski definition) is 5. The van der Waals surface area contributed by atoms with E-state index in [-0.39, 0.29) is 11.7 Å². The highest BCUT2D eigenvalue weighted by molar-refractivity contribution is 7.99. The van der Waals surface area contributed by atoms with Crippen molar-refractivity contribution in [3.63, 3.8) is 0 Å². The summed E-state index contributed by atoms with van der Waals surface area (Å²) in [5, 5.41) is 1.54. The first-order chi connectivity index (χ1) is 13.6. The summed E-state index contributed by atoms with van der Waals surface area (Å²) in [6, 6.07) is 10.1. The minimum atomic E-state index is 0.0577. The number of rotatable bonds is 6. The number of thioether (sulfide) groups is 1. The van der Waals surface area contributed by atoms with Gasteiger partial charge in [0.25, 0.3) is 5.56 Å². The van der Waals surface area contributed by atoms with Crippen LogP contribution in [-0.4, -0.2) is 21.4 Å². The molecule has 0 radical (unpaired) electrons. The molecule has 0 bridgehead atoms. The third kappa shape index (κ3) is 3.69. The molecule has 0 fully saturated rings. The Kier molecular flexibility index (Phi) is 5.71. The van der Waals surface area contributed by atoms with Gasteiger partial charge in [0.2, 0.25) is 0 Å². The molecule has 4 nitrogen and oxygen atoms in total. The van der Waals surface area contributed by atoms with Crippen LogP contribution >= 0.6 is 23.1 Å². The molecule has 1 aliphatic heterocycles. The molecule has 0 spiro atoms. The predicted octanol–water partition coefficient (Wildman–Crippen LogP) is 4.88. The van der Waals surface area contributed by atoms with Gasteiger partial charge in [-0.15, -0.1) is 17.9 Å². The Morgan fingerprint density at radius 3 is 2.89 bits per heavy atom. The fraction of sp³-hybridized carbons (Fsp3) is 0.364. The van der Waals surface area contributed by atoms with Gasteiger partial charge in [0.1, 0.15) is 4.83 Å². The Hall–Kier alpha value is -1.89. The van der Waals surface area contributed by atoms with Crippen LogP contribution in [0.2, 0.25) is 0 Å². The van der Waals surface area contributed by atoms with E-state index in [2.05, 4.69) is 20.4 Å². The average molecular weight is 413 g/mol. The zero-order valence-electron chi connectivity index (χ0n) is 16.2. The fourth-order valence-corrected chi connectivity index (χ4v) is 5.42. The van der Waals surface area contributed by atoms with Gasteiger partial charge in [0.15, 0.2) is 5.16 Å². The van der Waals surface area contributed by atoms with Gasteiger partial charge in [0, 0.05) is 17.1 Å². The van der Waals surface area contributed by atoms with Crippen molar-refractivity contribution in [1.82, 2.24) is 9.55 Å². The normalized spacial score (nSPS) is 16.5. The first-order valence-corrected chi connectivity index (χ1v) is 11.3. The maximum atomic E-state index is 13.6. The van der Waals surface area contributed by atoms with E-state index in [1.807, 2.05) is 41.0 Å². The molecule has 0 saturated carbocycles. The highest BCUT2D eigenvalue weighted by Gasteiger charge is 2.28. The van der Waals surface area contributed by atoms with E-state index in [1.165, 1.54) is 0 Å². The molecule has 6 heteroatoms. The van der Waals surface area contributed by atoms with Crippen LogP contribution in [-0.2, 0) is 24.3 Å². The minimum Gasteiger partial charge on any atom is -0.372 e. The van der Waals surface area contributed by atoms with Gasteiger partial charge < -0.3 is 4.74 Å². The third-order valence-corrected chi connectivity index (χ3v) is 7.12. The van der Waals surface area contributed by atoms with Crippen LogP contribution in [0.4, 0.5) is 0 Å². The number of benzene rings is 1. The van der Waals surface area contributed by atoms with E-state index in [0.717, 1.165) is 43.6 Å². The Labute approximate surface area is 173 Å². The summed E-state index contributed by atoms with van der Waals surface area (Å²) in [4.78, 5) is 20.4. The molecule has 3 aromatic rings. The number of hydrogen-bond donors (Lipinski definition) is 0. The third-order valence-electron chi connectivity index (χ3n) is 5.05. The number of ether oxygens (including phenoxy) is 1. The quantitative estimate of drug-likeness (QED) is 0.329. The van der Waals surface area contributed by atoms with Crippen molar-refractivity contribution < 1.29 is 4.74 Å². The van der Waals surface area contributed by atoms with Gasteiger partial charge in [-0.05, 0) is 17.0 Å². The standard InChI is InChI=1S/C22H24N2O2S2/c1-4-10-27-22-23-20-19(16-11-17(14(2)3)26-13-18(16)28-20)21(25)24(22)12-15-8-6-5-7-9-15/h4-9,14,17H,1,10-13H2,2-3H3/t17-/m1/s1. The molecule has 1 aromatic carbocycles. The SMILES string of the molecule is C=CCSc1nc2sc3c(c2c(=O)n1Cc1ccccc1)C[C@H](C(C)C)OC3. The van der Waals surface area contributed by atoms with Gasteiger partial charge in [-0.25, -0.2) is 4.98 Å². The van der Waals surface area contributed by atoms with E-state index in [9.17, 15) is 4.79 Å². The molecule has 0 unspecified atom stereocenters. The lowest BCUT2D eigenvalue weighted by Crippen LogP contribution is -2.28. The summed E-state index contributed by atoms with van der Waals surface area (Å²) in [6.07, 6.45) is 2.78. The lowest BCUT2D eigenvalue weighted by atomic mass is 9.96. The molecular formula is C22H24N2O2S2. The molecule has 28 heavy (non-hydrogen) atoms. The Morgan fingerprint density at radius 2 is 2.18 bits per heavy atom. The van der Waals surface area contributed by atoms with Crippen molar-refractivity contribution in [2.24, 2.45) is 5.92 Å². The van der Waals surface area contributed by atoms with Crippen LogP contribution in [0.25, 0.3) is 10.2 Å². The second kappa shape index (κ2) is 8.23. The monoisotopic (exact) mass is 412 g/mol. The van der Waals surface area contributed by atoms with Crippen molar-refractivity contribution >= 4 is 33.3 Å². The molecule has 1 atom stereocenters. The summed E-state index contributed by atoms with van der Waals surface area (Å²) in [5.74, 6) is 1.14. The zero-order valence-corrected chi connectivity index (χ0v) is 17.8. The van der Waals surface area contributed by atoms with Crippen LogP contribution in [0, 0.1) is 5.92 Å². The Balaban J connectivity index is 1.85. The molecule has 0 saturated heterocycles.